The van der Waals surface area contributed by atoms with Gasteiger partial charge in [0.25, 0.3) is 0 Å². The van der Waals surface area contributed by atoms with Crippen molar-refractivity contribution >= 4 is 0 Å². The molecule has 4 aliphatic carbocycles. The van der Waals surface area contributed by atoms with Crippen LogP contribution in [0.4, 0.5) is 0 Å². The van der Waals surface area contributed by atoms with Gasteiger partial charge in [0.05, 0.1) is 6.10 Å². The Morgan fingerprint density at radius 1 is 1.12 bits per heavy atom. The third-order valence-electron chi connectivity index (χ3n) is 9.21. The smallest absolute Gasteiger partial charge is 0.0577 e. The summed E-state index contributed by atoms with van der Waals surface area (Å²) in [5, 5.41) is 13.7. The number of aliphatic hydroxyl groups excluding tert-OH is 1. The lowest BCUT2D eigenvalue weighted by molar-refractivity contribution is -0.0532. The van der Waals surface area contributed by atoms with Gasteiger partial charge in [0.1, 0.15) is 0 Å². The van der Waals surface area contributed by atoms with E-state index in [0.717, 1.165) is 36.5 Å². The average molecular weight is 332 g/mol. The molecular formula is C22H37NO. The normalized spacial score (nSPS) is 52.0. The van der Waals surface area contributed by atoms with Crippen molar-refractivity contribution in [2.45, 2.75) is 84.3 Å². The first-order chi connectivity index (χ1) is 11.4. The molecular weight excluding hydrogens is 294 g/mol. The fourth-order valence-corrected chi connectivity index (χ4v) is 7.70. The minimum Gasteiger partial charge on any atom is -0.393 e. The zero-order chi connectivity index (χ0) is 17.1. The standard InChI is InChI=1S/C22H37NO/c1-14(23-4)18-7-8-19-17-6-5-15-13-16(24)9-11-21(15,2)20(17)10-12-22(18,19)3/h5,14,16-20,23-24H,6-13H2,1-4H3/t14-,16-,17+,18+,19+,20+,21-,22+/m0/s1. The van der Waals surface area contributed by atoms with Crippen LogP contribution >= 0.6 is 0 Å². The largest absolute Gasteiger partial charge is 0.393 e. The zero-order valence-electron chi connectivity index (χ0n) is 16.1. The number of nitrogens with one attached hydrogen (secondary N) is 1. The van der Waals surface area contributed by atoms with Crippen LogP contribution in [0, 0.1) is 34.5 Å². The lowest BCUT2D eigenvalue weighted by Gasteiger charge is -2.58. The fourth-order valence-electron chi connectivity index (χ4n) is 7.70. The van der Waals surface area contributed by atoms with Crippen molar-refractivity contribution in [3.05, 3.63) is 11.6 Å². The van der Waals surface area contributed by atoms with Gasteiger partial charge in [-0.2, -0.15) is 0 Å². The molecule has 2 heteroatoms. The molecule has 3 saturated carbocycles. The summed E-state index contributed by atoms with van der Waals surface area (Å²) in [5.74, 6) is 3.52. The van der Waals surface area contributed by atoms with Gasteiger partial charge in [0.2, 0.25) is 0 Å². The molecule has 2 N–H and O–H groups in total. The summed E-state index contributed by atoms with van der Waals surface area (Å²) in [6.45, 7) is 7.55. The van der Waals surface area contributed by atoms with Crippen molar-refractivity contribution in [2.75, 3.05) is 7.05 Å². The van der Waals surface area contributed by atoms with Crippen LogP contribution in [0.15, 0.2) is 11.6 Å². The van der Waals surface area contributed by atoms with E-state index >= 15 is 0 Å². The zero-order valence-corrected chi connectivity index (χ0v) is 16.1. The molecule has 2 nitrogen and oxygen atoms in total. The summed E-state index contributed by atoms with van der Waals surface area (Å²) in [4.78, 5) is 0. The highest BCUT2D eigenvalue weighted by atomic mass is 16.3. The highest BCUT2D eigenvalue weighted by Crippen LogP contribution is 2.66. The molecule has 0 spiro atoms. The Labute approximate surface area is 148 Å². The number of hydrogen-bond donors (Lipinski definition) is 2. The molecule has 24 heavy (non-hydrogen) atoms. The van der Waals surface area contributed by atoms with E-state index < -0.39 is 0 Å². The van der Waals surface area contributed by atoms with Gasteiger partial charge in [-0.15, -0.1) is 0 Å². The quantitative estimate of drug-likeness (QED) is 0.728. The summed E-state index contributed by atoms with van der Waals surface area (Å²) in [6, 6.07) is 0.645. The number of aliphatic hydroxyl groups is 1. The lowest BCUT2D eigenvalue weighted by Crippen LogP contribution is -2.52. The molecule has 4 aliphatic rings. The van der Waals surface area contributed by atoms with E-state index in [4.69, 9.17) is 0 Å². The van der Waals surface area contributed by atoms with E-state index in [9.17, 15) is 5.11 Å². The molecule has 0 aromatic carbocycles. The van der Waals surface area contributed by atoms with E-state index in [1.807, 2.05) is 0 Å². The second kappa shape index (κ2) is 5.84. The maximum atomic E-state index is 10.1. The third-order valence-corrected chi connectivity index (χ3v) is 9.21. The van der Waals surface area contributed by atoms with E-state index in [1.54, 1.807) is 5.57 Å². The monoisotopic (exact) mass is 331 g/mol. The van der Waals surface area contributed by atoms with Gasteiger partial charge in [-0.05, 0) is 99.8 Å². The van der Waals surface area contributed by atoms with Crippen LogP contribution in [0.5, 0.6) is 0 Å². The molecule has 3 fully saturated rings. The van der Waals surface area contributed by atoms with Crippen molar-refractivity contribution in [3.63, 3.8) is 0 Å². The molecule has 0 amide bonds. The minimum absolute atomic E-state index is 0.0814. The molecule has 4 rings (SSSR count). The first kappa shape index (κ1) is 17.1. The predicted molar refractivity (Wildman–Crippen MR) is 99.7 cm³/mol. The van der Waals surface area contributed by atoms with Crippen LogP contribution in [0.1, 0.15) is 72.1 Å². The van der Waals surface area contributed by atoms with Gasteiger partial charge >= 0.3 is 0 Å². The summed E-state index contributed by atoms with van der Waals surface area (Å²) in [7, 11) is 2.14. The molecule has 8 atom stereocenters. The molecule has 0 aromatic heterocycles. The summed E-state index contributed by atoms with van der Waals surface area (Å²) in [5.41, 5.74) is 2.53. The van der Waals surface area contributed by atoms with Crippen LogP contribution in [0.25, 0.3) is 0 Å². The van der Waals surface area contributed by atoms with Gasteiger partial charge in [-0.25, -0.2) is 0 Å². The summed E-state index contributed by atoms with van der Waals surface area (Å²) in [6.07, 6.45) is 12.6. The Hall–Kier alpha value is -0.340. The van der Waals surface area contributed by atoms with E-state index in [1.165, 1.54) is 38.5 Å². The predicted octanol–water partition coefficient (Wildman–Crippen LogP) is 4.53. The van der Waals surface area contributed by atoms with Crippen LogP contribution in [0.2, 0.25) is 0 Å². The van der Waals surface area contributed by atoms with Gasteiger partial charge < -0.3 is 10.4 Å². The van der Waals surface area contributed by atoms with Crippen molar-refractivity contribution < 1.29 is 5.11 Å². The highest BCUT2D eigenvalue weighted by Gasteiger charge is 2.59. The number of rotatable bonds is 2. The average Bonchev–Trinajstić information content (AvgIpc) is 2.92. The molecule has 0 aliphatic heterocycles. The Morgan fingerprint density at radius 2 is 1.92 bits per heavy atom. The number of allylic oxidation sites excluding steroid dienone is 1. The Balaban J connectivity index is 1.63. The van der Waals surface area contributed by atoms with Gasteiger partial charge in [0, 0.05) is 6.04 Å². The third kappa shape index (κ3) is 2.28. The molecule has 0 saturated heterocycles. The first-order valence-corrected chi connectivity index (χ1v) is 10.4. The topological polar surface area (TPSA) is 32.3 Å². The number of fused-ring (bicyclic) bond motifs is 5. The maximum Gasteiger partial charge on any atom is 0.0577 e. The SMILES string of the molecule is CN[C@@H](C)[C@H]1CC[C@@H]2[C@H]3CC=C4C[C@@H](O)CC[C@]4(C)[C@@H]3CC[C@@]21C. The Kier molecular flexibility index (Phi) is 4.16. The highest BCUT2D eigenvalue weighted by molar-refractivity contribution is 5.25. The van der Waals surface area contributed by atoms with Crippen molar-refractivity contribution in [1.29, 1.82) is 0 Å². The van der Waals surface area contributed by atoms with E-state index in [2.05, 4.69) is 39.2 Å². The Bertz CT molecular complexity index is 528. The molecule has 0 heterocycles. The number of hydrogen-bond acceptors (Lipinski definition) is 2. The summed E-state index contributed by atoms with van der Waals surface area (Å²) >= 11 is 0. The maximum absolute atomic E-state index is 10.1. The fraction of sp³-hybridized carbons (Fsp3) is 0.909. The summed E-state index contributed by atoms with van der Waals surface area (Å²) < 4.78 is 0. The second-order valence-corrected chi connectivity index (χ2v) is 9.96. The van der Waals surface area contributed by atoms with Gasteiger partial charge in [0.15, 0.2) is 0 Å². The Morgan fingerprint density at radius 3 is 2.67 bits per heavy atom. The molecule has 0 aromatic rings. The second-order valence-electron chi connectivity index (χ2n) is 9.96. The van der Waals surface area contributed by atoms with Crippen LogP contribution in [-0.2, 0) is 0 Å². The van der Waals surface area contributed by atoms with Crippen LogP contribution < -0.4 is 5.32 Å². The molecule has 0 unspecified atom stereocenters. The molecule has 136 valence electrons. The van der Waals surface area contributed by atoms with Gasteiger partial charge in [-0.3, -0.25) is 0 Å². The first-order valence-electron chi connectivity index (χ1n) is 10.4. The van der Waals surface area contributed by atoms with Gasteiger partial charge in [-0.1, -0.05) is 25.5 Å². The van der Waals surface area contributed by atoms with Crippen molar-refractivity contribution in [2.24, 2.45) is 34.5 Å². The lowest BCUT2D eigenvalue weighted by atomic mass is 9.47. The molecule has 0 radical (unpaired) electrons. The van der Waals surface area contributed by atoms with Crippen LogP contribution in [0.3, 0.4) is 0 Å². The van der Waals surface area contributed by atoms with Crippen molar-refractivity contribution in [3.8, 4) is 0 Å². The van der Waals surface area contributed by atoms with E-state index in [0.29, 0.717) is 16.9 Å². The van der Waals surface area contributed by atoms with E-state index in [-0.39, 0.29) is 6.10 Å². The minimum atomic E-state index is -0.0814. The van der Waals surface area contributed by atoms with Crippen LogP contribution in [-0.4, -0.2) is 24.3 Å². The van der Waals surface area contributed by atoms with Crippen molar-refractivity contribution in [1.82, 2.24) is 5.32 Å². The molecule has 0 bridgehead atoms.